The van der Waals surface area contributed by atoms with Gasteiger partial charge < -0.3 is 14.5 Å². The van der Waals surface area contributed by atoms with E-state index in [1.165, 1.54) is 23.4 Å². The number of benzene rings is 2. The minimum Gasteiger partial charge on any atom is -0.497 e. The first kappa shape index (κ1) is 22.0. The van der Waals surface area contributed by atoms with E-state index in [0.29, 0.717) is 36.2 Å². The Kier molecular flexibility index (Phi) is 6.24. The summed E-state index contributed by atoms with van der Waals surface area (Å²) in [5.74, 6) is 1.06. The van der Waals surface area contributed by atoms with E-state index in [2.05, 4.69) is 15.5 Å². The van der Waals surface area contributed by atoms with Crippen molar-refractivity contribution in [3.05, 3.63) is 54.4 Å². The van der Waals surface area contributed by atoms with E-state index in [4.69, 9.17) is 9.15 Å². The van der Waals surface area contributed by atoms with Crippen LogP contribution in [0.15, 0.2) is 57.8 Å². The largest absolute Gasteiger partial charge is 0.497 e. The second kappa shape index (κ2) is 9.09. The van der Waals surface area contributed by atoms with Crippen molar-refractivity contribution in [2.45, 2.75) is 30.6 Å². The molecule has 1 fully saturated rings. The van der Waals surface area contributed by atoms with Crippen molar-refractivity contribution >= 4 is 21.6 Å². The molecule has 168 valence electrons. The van der Waals surface area contributed by atoms with Gasteiger partial charge in [0.25, 0.3) is 0 Å². The summed E-state index contributed by atoms with van der Waals surface area (Å²) >= 11 is 0. The summed E-state index contributed by atoms with van der Waals surface area (Å²) in [5.41, 5.74) is 1.28. The third-order valence-corrected chi connectivity index (χ3v) is 7.18. The lowest BCUT2D eigenvalue weighted by molar-refractivity contribution is -0.114. The van der Waals surface area contributed by atoms with Crippen LogP contribution in [-0.4, -0.2) is 49.0 Å². The average Bonchev–Trinajstić information content (AvgIpc) is 3.30. The van der Waals surface area contributed by atoms with Crippen molar-refractivity contribution in [1.29, 1.82) is 0 Å². The minimum atomic E-state index is -3.69. The topological polar surface area (TPSA) is 115 Å². The number of nitrogens with one attached hydrogen (secondary N) is 1. The van der Waals surface area contributed by atoms with Crippen molar-refractivity contribution in [2.24, 2.45) is 0 Å². The third-order valence-electron chi connectivity index (χ3n) is 5.30. The van der Waals surface area contributed by atoms with Gasteiger partial charge in [-0.15, -0.1) is 10.2 Å². The first-order valence-corrected chi connectivity index (χ1v) is 11.7. The predicted molar refractivity (Wildman–Crippen MR) is 118 cm³/mol. The molecular formula is C22H24N4O5S. The summed E-state index contributed by atoms with van der Waals surface area (Å²) in [6.07, 6.45) is 1.44. The van der Waals surface area contributed by atoms with Gasteiger partial charge in [-0.25, -0.2) is 8.42 Å². The van der Waals surface area contributed by atoms with Crippen molar-refractivity contribution in [1.82, 2.24) is 14.5 Å². The Bertz CT molecular complexity index is 1210. The molecule has 1 aliphatic rings. The number of aromatic nitrogens is 2. The third kappa shape index (κ3) is 4.66. The van der Waals surface area contributed by atoms with Crippen LogP contribution in [0, 0.1) is 0 Å². The van der Waals surface area contributed by atoms with Crippen LogP contribution >= 0.6 is 0 Å². The second-order valence-corrected chi connectivity index (χ2v) is 9.52. The predicted octanol–water partition coefficient (Wildman–Crippen LogP) is 3.27. The van der Waals surface area contributed by atoms with E-state index in [-0.39, 0.29) is 23.3 Å². The normalized spacial score (nSPS) is 17.1. The first-order valence-electron chi connectivity index (χ1n) is 10.2. The molecule has 0 unspecified atom stereocenters. The van der Waals surface area contributed by atoms with Crippen LogP contribution in [0.3, 0.4) is 0 Å². The molecule has 1 N–H and O–H groups in total. The number of piperidine rings is 1. The molecule has 0 spiro atoms. The molecule has 1 atom stereocenters. The number of rotatable bonds is 6. The quantitative estimate of drug-likeness (QED) is 0.605. The zero-order valence-electron chi connectivity index (χ0n) is 17.8. The number of ether oxygens (including phenoxy) is 1. The number of nitrogens with zero attached hydrogens (tertiary/aromatic N) is 3. The van der Waals surface area contributed by atoms with E-state index >= 15 is 0 Å². The lowest BCUT2D eigenvalue weighted by atomic mass is 10.00. The summed E-state index contributed by atoms with van der Waals surface area (Å²) in [6, 6.07) is 13.5. The molecule has 1 aliphatic heterocycles. The molecule has 4 rings (SSSR count). The Balaban J connectivity index is 1.51. The molecule has 1 amide bonds. The zero-order valence-corrected chi connectivity index (χ0v) is 18.6. The van der Waals surface area contributed by atoms with Crippen molar-refractivity contribution in [3.8, 4) is 17.2 Å². The van der Waals surface area contributed by atoms with E-state index in [1.54, 1.807) is 25.3 Å². The molecule has 2 heterocycles. The zero-order chi connectivity index (χ0) is 22.7. The molecule has 10 heteroatoms. The van der Waals surface area contributed by atoms with E-state index < -0.39 is 10.0 Å². The first-order chi connectivity index (χ1) is 15.4. The van der Waals surface area contributed by atoms with Gasteiger partial charge in [-0.1, -0.05) is 6.07 Å². The van der Waals surface area contributed by atoms with Crippen molar-refractivity contribution in [3.63, 3.8) is 0 Å². The van der Waals surface area contributed by atoms with Gasteiger partial charge in [-0.05, 0) is 55.3 Å². The molecular weight excluding hydrogens is 432 g/mol. The molecule has 0 bridgehead atoms. The molecule has 9 nitrogen and oxygen atoms in total. The molecule has 2 aromatic carbocycles. The number of hydrogen-bond donors (Lipinski definition) is 1. The highest BCUT2D eigenvalue weighted by molar-refractivity contribution is 7.89. The van der Waals surface area contributed by atoms with Gasteiger partial charge in [0.15, 0.2) is 0 Å². The Morgan fingerprint density at radius 2 is 1.97 bits per heavy atom. The van der Waals surface area contributed by atoms with Crippen LogP contribution in [0.5, 0.6) is 5.75 Å². The summed E-state index contributed by atoms with van der Waals surface area (Å²) < 4.78 is 38.9. The van der Waals surface area contributed by atoms with Crippen LogP contribution in [0.1, 0.15) is 31.6 Å². The van der Waals surface area contributed by atoms with Crippen LogP contribution in [0.25, 0.3) is 11.5 Å². The highest BCUT2D eigenvalue weighted by Gasteiger charge is 2.33. The Hall–Kier alpha value is -3.24. The fourth-order valence-corrected chi connectivity index (χ4v) is 5.22. The minimum absolute atomic E-state index is 0.176. The molecule has 0 saturated carbocycles. The van der Waals surface area contributed by atoms with E-state index in [9.17, 15) is 13.2 Å². The molecule has 1 saturated heterocycles. The fraction of sp³-hybridized carbons (Fsp3) is 0.318. The summed E-state index contributed by atoms with van der Waals surface area (Å²) in [7, 11) is -2.10. The van der Waals surface area contributed by atoms with Gasteiger partial charge in [0.1, 0.15) is 5.75 Å². The highest BCUT2D eigenvalue weighted by Crippen LogP contribution is 2.32. The lowest BCUT2D eigenvalue weighted by Gasteiger charge is -2.30. The summed E-state index contributed by atoms with van der Waals surface area (Å²) in [4.78, 5) is 11.3. The SMILES string of the molecule is COc1cccc(-c2nnc([C@H]3CCCN(S(=O)(=O)c4ccc(NC(C)=O)cc4)C3)o2)c1. The number of hydrogen-bond acceptors (Lipinski definition) is 7. The fourth-order valence-electron chi connectivity index (χ4n) is 3.70. The Morgan fingerprint density at radius 1 is 1.19 bits per heavy atom. The maximum absolute atomic E-state index is 13.2. The number of anilines is 1. The van der Waals surface area contributed by atoms with E-state index in [1.807, 2.05) is 18.2 Å². The van der Waals surface area contributed by atoms with E-state index in [0.717, 1.165) is 12.0 Å². The van der Waals surface area contributed by atoms with Gasteiger partial charge in [-0.2, -0.15) is 4.31 Å². The second-order valence-electron chi connectivity index (χ2n) is 7.59. The van der Waals surface area contributed by atoms with Gasteiger partial charge in [0.05, 0.1) is 17.9 Å². The van der Waals surface area contributed by atoms with Crippen molar-refractivity contribution < 1.29 is 22.4 Å². The smallest absolute Gasteiger partial charge is 0.247 e. The van der Waals surface area contributed by atoms with Crippen LogP contribution in [-0.2, 0) is 14.8 Å². The van der Waals surface area contributed by atoms with Crippen LogP contribution in [0.2, 0.25) is 0 Å². The van der Waals surface area contributed by atoms with Gasteiger partial charge in [0, 0.05) is 31.3 Å². The number of carbonyl (C=O) groups excluding carboxylic acids is 1. The molecule has 0 radical (unpaired) electrons. The maximum atomic E-state index is 13.2. The standard InChI is InChI=1S/C22H24N4O5S/c1-15(27)23-18-8-10-20(11-9-18)32(28,29)26-12-4-6-17(14-26)22-25-24-21(31-22)16-5-3-7-19(13-16)30-2/h3,5,7-11,13,17H,4,6,12,14H2,1-2H3,(H,23,27)/t17-/m0/s1. The van der Waals surface area contributed by atoms with Gasteiger partial charge in [-0.3, -0.25) is 4.79 Å². The maximum Gasteiger partial charge on any atom is 0.247 e. The van der Waals surface area contributed by atoms with Gasteiger partial charge in [0.2, 0.25) is 27.7 Å². The molecule has 0 aliphatic carbocycles. The number of methoxy groups -OCH3 is 1. The average molecular weight is 457 g/mol. The van der Waals surface area contributed by atoms with Crippen LogP contribution < -0.4 is 10.1 Å². The summed E-state index contributed by atoms with van der Waals surface area (Å²) in [6.45, 7) is 2.08. The Morgan fingerprint density at radius 3 is 2.69 bits per heavy atom. The number of sulfonamides is 1. The monoisotopic (exact) mass is 456 g/mol. The number of carbonyl (C=O) groups is 1. The number of amides is 1. The van der Waals surface area contributed by atoms with Crippen molar-refractivity contribution in [2.75, 3.05) is 25.5 Å². The summed E-state index contributed by atoms with van der Waals surface area (Å²) in [5, 5.41) is 11.0. The lowest BCUT2D eigenvalue weighted by Crippen LogP contribution is -2.39. The molecule has 32 heavy (non-hydrogen) atoms. The van der Waals surface area contributed by atoms with Crippen LogP contribution in [0.4, 0.5) is 5.69 Å². The Labute approximate surface area is 186 Å². The molecule has 1 aromatic heterocycles. The highest BCUT2D eigenvalue weighted by atomic mass is 32.2. The molecule has 3 aromatic rings. The van der Waals surface area contributed by atoms with Gasteiger partial charge >= 0.3 is 0 Å².